The quantitative estimate of drug-likeness (QED) is 0.632. The highest BCUT2D eigenvalue weighted by Gasteiger charge is 2.29. The van der Waals surface area contributed by atoms with Crippen LogP contribution < -0.4 is 5.32 Å². The van der Waals surface area contributed by atoms with Crippen molar-refractivity contribution >= 4 is 17.7 Å². The number of carbonyl (C=O) groups excluding carboxylic acids is 1. The summed E-state index contributed by atoms with van der Waals surface area (Å²) in [5, 5.41) is 12.1. The Morgan fingerprint density at radius 2 is 1.52 bits per heavy atom. The van der Waals surface area contributed by atoms with Gasteiger partial charge in [-0.25, -0.2) is 9.59 Å². The van der Waals surface area contributed by atoms with Crippen LogP contribution in [0.3, 0.4) is 0 Å². The first-order valence-corrected chi connectivity index (χ1v) is 9.43. The van der Waals surface area contributed by atoms with E-state index in [1.165, 1.54) is 6.07 Å². The number of carboxylic acid groups (broad SMARTS) is 1. The van der Waals surface area contributed by atoms with Crippen LogP contribution in [0.4, 0.5) is 10.5 Å². The minimum atomic E-state index is -1.10. The van der Waals surface area contributed by atoms with Crippen LogP contribution in [0.5, 0.6) is 0 Å². The molecule has 3 aromatic carbocycles. The third-order valence-electron chi connectivity index (χ3n) is 5.54. The lowest BCUT2D eigenvalue weighted by Gasteiger charge is -2.16. The predicted molar refractivity (Wildman–Crippen MR) is 112 cm³/mol. The van der Waals surface area contributed by atoms with Gasteiger partial charge < -0.3 is 9.84 Å². The molecule has 0 saturated heterocycles. The van der Waals surface area contributed by atoms with Gasteiger partial charge in [0.2, 0.25) is 0 Å². The molecule has 0 spiro atoms. The van der Waals surface area contributed by atoms with Crippen molar-refractivity contribution in [3.05, 3.63) is 88.5 Å². The summed E-state index contributed by atoms with van der Waals surface area (Å²) >= 11 is 0. The van der Waals surface area contributed by atoms with Gasteiger partial charge in [-0.1, -0.05) is 54.6 Å². The Balaban J connectivity index is 1.55. The Kier molecular flexibility index (Phi) is 4.80. The van der Waals surface area contributed by atoms with E-state index < -0.39 is 12.1 Å². The molecule has 0 atom stereocenters. The predicted octanol–water partition coefficient (Wildman–Crippen LogP) is 5.36. The molecule has 5 nitrogen and oxygen atoms in total. The molecule has 146 valence electrons. The Bertz CT molecular complexity index is 1070. The van der Waals surface area contributed by atoms with E-state index in [2.05, 4.69) is 29.6 Å². The van der Waals surface area contributed by atoms with Crippen molar-refractivity contribution in [2.24, 2.45) is 0 Å². The summed E-state index contributed by atoms with van der Waals surface area (Å²) in [6.07, 6.45) is -0.664. The molecule has 1 aliphatic rings. The number of hydrogen-bond donors (Lipinski definition) is 2. The Labute approximate surface area is 169 Å². The first kappa shape index (κ1) is 18.7. The van der Waals surface area contributed by atoms with Gasteiger partial charge in [0.15, 0.2) is 0 Å². The first-order valence-electron chi connectivity index (χ1n) is 9.43. The number of rotatable bonds is 4. The number of aryl methyl sites for hydroxylation is 1. The fourth-order valence-electron chi connectivity index (χ4n) is 3.89. The van der Waals surface area contributed by atoms with E-state index in [9.17, 15) is 14.7 Å². The number of carbonyl (C=O) groups is 2. The Morgan fingerprint density at radius 3 is 2.10 bits per heavy atom. The fraction of sp³-hybridized carbons (Fsp3) is 0.167. The second-order valence-electron chi connectivity index (χ2n) is 7.19. The summed E-state index contributed by atoms with van der Waals surface area (Å²) < 4.78 is 5.53. The topological polar surface area (TPSA) is 75.6 Å². The van der Waals surface area contributed by atoms with Crippen LogP contribution in [0.25, 0.3) is 11.1 Å². The number of aromatic carboxylic acids is 1. The summed E-state index contributed by atoms with van der Waals surface area (Å²) in [4.78, 5) is 24.0. The molecule has 0 aromatic heterocycles. The third-order valence-corrected chi connectivity index (χ3v) is 5.54. The highest BCUT2D eigenvalue weighted by Crippen LogP contribution is 2.44. The number of anilines is 1. The van der Waals surface area contributed by atoms with Crippen molar-refractivity contribution in [1.82, 2.24) is 0 Å². The van der Waals surface area contributed by atoms with E-state index in [4.69, 9.17) is 4.74 Å². The lowest BCUT2D eigenvalue weighted by Crippen LogP contribution is -2.20. The molecule has 3 aromatic rings. The van der Waals surface area contributed by atoms with Gasteiger partial charge in [-0.3, -0.25) is 5.32 Å². The van der Waals surface area contributed by atoms with Crippen LogP contribution in [-0.2, 0) is 4.74 Å². The van der Waals surface area contributed by atoms with Crippen LogP contribution in [-0.4, -0.2) is 23.8 Å². The van der Waals surface area contributed by atoms with Gasteiger partial charge in [-0.2, -0.15) is 0 Å². The molecule has 0 aliphatic heterocycles. The molecule has 0 saturated carbocycles. The van der Waals surface area contributed by atoms with Gasteiger partial charge in [0.05, 0.1) is 11.3 Å². The van der Waals surface area contributed by atoms with Crippen LogP contribution >= 0.6 is 0 Å². The molecule has 2 N–H and O–H groups in total. The van der Waals surface area contributed by atoms with Crippen LogP contribution in [0.15, 0.2) is 60.7 Å². The van der Waals surface area contributed by atoms with Gasteiger partial charge in [0.1, 0.15) is 6.61 Å². The van der Waals surface area contributed by atoms with Crippen molar-refractivity contribution in [3.8, 4) is 11.1 Å². The lowest BCUT2D eigenvalue weighted by atomic mass is 9.98. The molecule has 0 heterocycles. The largest absolute Gasteiger partial charge is 0.478 e. The molecular formula is C24H21NO4. The molecule has 0 bridgehead atoms. The second-order valence-corrected chi connectivity index (χ2v) is 7.19. The van der Waals surface area contributed by atoms with E-state index in [1.54, 1.807) is 13.0 Å². The zero-order chi connectivity index (χ0) is 20.5. The number of hydrogen-bond acceptors (Lipinski definition) is 3. The summed E-state index contributed by atoms with van der Waals surface area (Å²) in [5.41, 5.74) is 6.47. The van der Waals surface area contributed by atoms with E-state index in [0.717, 1.165) is 27.8 Å². The zero-order valence-corrected chi connectivity index (χ0v) is 16.2. The summed E-state index contributed by atoms with van der Waals surface area (Å²) in [5.74, 6) is -1.15. The molecule has 1 amide bonds. The lowest BCUT2D eigenvalue weighted by molar-refractivity contribution is 0.0698. The van der Waals surface area contributed by atoms with Gasteiger partial charge >= 0.3 is 12.1 Å². The minimum Gasteiger partial charge on any atom is -0.478 e. The van der Waals surface area contributed by atoms with E-state index in [0.29, 0.717) is 5.56 Å². The molecule has 5 heteroatoms. The van der Waals surface area contributed by atoms with Gasteiger partial charge in [-0.15, -0.1) is 0 Å². The van der Waals surface area contributed by atoms with Crippen molar-refractivity contribution in [2.75, 3.05) is 11.9 Å². The average Bonchev–Trinajstić information content (AvgIpc) is 3.03. The second kappa shape index (κ2) is 7.43. The standard InChI is InChI=1S/C24H21NO4/c1-14-11-12-20(23(26)27)22(15(14)2)25-24(28)29-13-21-18-9-5-3-7-16(18)17-8-4-6-10-19(17)21/h3-12,21H,13H2,1-2H3,(H,25,28)(H,26,27). The number of amides is 1. The van der Waals surface area contributed by atoms with E-state index in [-0.39, 0.29) is 23.8 Å². The monoisotopic (exact) mass is 387 g/mol. The summed E-state index contributed by atoms with van der Waals surface area (Å²) in [7, 11) is 0. The molecule has 0 fully saturated rings. The van der Waals surface area contributed by atoms with Crippen molar-refractivity contribution < 1.29 is 19.4 Å². The molecule has 0 radical (unpaired) electrons. The zero-order valence-electron chi connectivity index (χ0n) is 16.2. The molecule has 4 rings (SSSR count). The number of carboxylic acids is 1. The van der Waals surface area contributed by atoms with Crippen molar-refractivity contribution in [2.45, 2.75) is 19.8 Å². The summed E-state index contributed by atoms with van der Waals surface area (Å²) in [6.45, 7) is 3.82. The molecule has 1 aliphatic carbocycles. The SMILES string of the molecule is Cc1ccc(C(=O)O)c(NC(=O)OCC2c3ccccc3-c3ccccc32)c1C. The highest BCUT2D eigenvalue weighted by molar-refractivity contribution is 6.00. The van der Waals surface area contributed by atoms with Crippen LogP contribution in [0.1, 0.15) is 38.5 Å². The van der Waals surface area contributed by atoms with Crippen molar-refractivity contribution in [3.63, 3.8) is 0 Å². The maximum Gasteiger partial charge on any atom is 0.411 e. The molecule has 29 heavy (non-hydrogen) atoms. The number of fused-ring (bicyclic) bond motifs is 3. The maximum atomic E-state index is 12.5. The maximum absolute atomic E-state index is 12.5. The fourth-order valence-corrected chi connectivity index (χ4v) is 3.89. The molecule has 0 unspecified atom stereocenters. The van der Waals surface area contributed by atoms with Gasteiger partial charge in [-0.05, 0) is 53.3 Å². The van der Waals surface area contributed by atoms with Gasteiger partial charge in [0.25, 0.3) is 0 Å². The van der Waals surface area contributed by atoms with Crippen LogP contribution in [0, 0.1) is 13.8 Å². The normalized spacial score (nSPS) is 12.2. The summed E-state index contributed by atoms with van der Waals surface area (Å²) in [6, 6.07) is 19.4. The number of benzene rings is 3. The van der Waals surface area contributed by atoms with Crippen LogP contribution in [0.2, 0.25) is 0 Å². The van der Waals surface area contributed by atoms with Gasteiger partial charge in [0, 0.05) is 5.92 Å². The third kappa shape index (κ3) is 3.36. The Morgan fingerprint density at radius 1 is 0.931 bits per heavy atom. The highest BCUT2D eigenvalue weighted by atomic mass is 16.5. The Hall–Kier alpha value is -3.60. The smallest absolute Gasteiger partial charge is 0.411 e. The first-order chi connectivity index (χ1) is 14.0. The number of nitrogens with one attached hydrogen (secondary N) is 1. The van der Waals surface area contributed by atoms with Crippen molar-refractivity contribution in [1.29, 1.82) is 0 Å². The van der Waals surface area contributed by atoms with E-state index >= 15 is 0 Å². The minimum absolute atomic E-state index is 0.0432. The van der Waals surface area contributed by atoms with E-state index in [1.807, 2.05) is 31.2 Å². The number of ether oxygens (including phenoxy) is 1. The molecular weight excluding hydrogens is 366 g/mol. The average molecular weight is 387 g/mol.